The summed E-state index contributed by atoms with van der Waals surface area (Å²) >= 11 is 1.14. The SMILES string of the molecule is CC.CC(=O)c1sc(Nc2ccc(C)cc2F)c(C(=O)NCC(C)(C)N)c1C. The standard InChI is InChI=1S/C19H24FN3O2S.C2H6/c1-10-6-7-14(13(20)8-10)23-18-15(11(2)16(26-18)12(3)24)17(25)22-9-19(4,5)21;1-2/h6-8,23H,9,21H2,1-5H3,(H,22,25);1-2H3. The van der Waals surface area contributed by atoms with Crippen molar-refractivity contribution in [3.8, 4) is 0 Å². The van der Waals surface area contributed by atoms with Crippen LogP contribution in [-0.2, 0) is 0 Å². The van der Waals surface area contributed by atoms with Gasteiger partial charge in [-0.1, -0.05) is 19.9 Å². The molecule has 0 radical (unpaired) electrons. The lowest BCUT2D eigenvalue weighted by Crippen LogP contribution is -2.45. The first kappa shape index (κ1) is 23.8. The number of rotatable bonds is 6. The summed E-state index contributed by atoms with van der Waals surface area (Å²) in [5.74, 6) is -0.909. The molecule has 0 spiro atoms. The summed E-state index contributed by atoms with van der Waals surface area (Å²) in [4.78, 5) is 25.1. The van der Waals surface area contributed by atoms with E-state index in [2.05, 4.69) is 10.6 Å². The van der Waals surface area contributed by atoms with Crippen LogP contribution in [0.2, 0.25) is 0 Å². The summed E-state index contributed by atoms with van der Waals surface area (Å²) in [5.41, 5.74) is 7.30. The number of benzene rings is 1. The molecular weight excluding hydrogens is 377 g/mol. The number of aryl methyl sites for hydroxylation is 1. The number of carbonyl (C=O) groups is 2. The van der Waals surface area contributed by atoms with Crippen molar-refractivity contribution in [2.24, 2.45) is 5.73 Å². The minimum Gasteiger partial charge on any atom is -0.350 e. The topological polar surface area (TPSA) is 84.2 Å². The Bertz CT molecular complexity index is 854. The molecule has 0 fully saturated rings. The molecule has 2 rings (SSSR count). The van der Waals surface area contributed by atoms with E-state index in [1.165, 1.54) is 13.0 Å². The molecular formula is C21H30FN3O2S. The number of halogens is 1. The first-order valence-electron chi connectivity index (χ1n) is 9.24. The van der Waals surface area contributed by atoms with Gasteiger partial charge in [-0.25, -0.2) is 4.39 Å². The lowest BCUT2D eigenvalue weighted by Gasteiger charge is -2.19. The Hall–Kier alpha value is -2.25. The number of anilines is 2. The Kier molecular flexibility index (Phi) is 8.32. The zero-order valence-electron chi connectivity index (χ0n) is 17.6. The number of carbonyl (C=O) groups excluding carboxylic acids is 2. The first-order chi connectivity index (χ1) is 13.0. The van der Waals surface area contributed by atoms with Crippen LogP contribution in [0.3, 0.4) is 0 Å². The molecule has 1 amide bonds. The van der Waals surface area contributed by atoms with Gasteiger partial charge in [0.2, 0.25) is 0 Å². The maximum absolute atomic E-state index is 14.2. The third-order valence-corrected chi connectivity index (χ3v) is 5.08. The van der Waals surface area contributed by atoms with Gasteiger partial charge in [-0.2, -0.15) is 0 Å². The largest absolute Gasteiger partial charge is 0.350 e. The van der Waals surface area contributed by atoms with Crippen molar-refractivity contribution in [1.29, 1.82) is 0 Å². The third-order valence-electron chi connectivity index (χ3n) is 3.77. The molecule has 0 aliphatic heterocycles. The fourth-order valence-electron chi connectivity index (χ4n) is 2.45. The van der Waals surface area contributed by atoms with Crippen molar-refractivity contribution in [2.75, 3.05) is 11.9 Å². The number of Topliss-reactive ketones (excluding diaryl/α,β-unsaturated/α-hetero) is 1. The average molecular weight is 408 g/mol. The van der Waals surface area contributed by atoms with Gasteiger partial charge in [0.1, 0.15) is 10.8 Å². The molecule has 0 unspecified atom stereocenters. The van der Waals surface area contributed by atoms with E-state index in [9.17, 15) is 14.0 Å². The molecule has 7 heteroatoms. The highest BCUT2D eigenvalue weighted by atomic mass is 32.1. The molecule has 0 atom stereocenters. The van der Waals surface area contributed by atoms with Crippen molar-refractivity contribution >= 4 is 33.7 Å². The number of amides is 1. The Morgan fingerprint density at radius 3 is 2.32 bits per heavy atom. The predicted molar refractivity (Wildman–Crippen MR) is 115 cm³/mol. The van der Waals surface area contributed by atoms with Crippen molar-refractivity contribution in [3.05, 3.63) is 45.6 Å². The monoisotopic (exact) mass is 407 g/mol. The molecule has 0 aliphatic carbocycles. The summed E-state index contributed by atoms with van der Waals surface area (Å²) < 4.78 is 14.2. The molecule has 1 aromatic heterocycles. The molecule has 0 saturated carbocycles. The van der Waals surface area contributed by atoms with E-state index >= 15 is 0 Å². The Morgan fingerprint density at radius 2 is 1.82 bits per heavy atom. The molecule has 2 aromatic rings. The number of nitrogens with one attached hydrogen (secondary N) is 2. The summed E-state index contributed by atoms with van der Waals surface area (Å²) in [7, 11) is 0. The summed E-state index contributed by atoms with van der Waals surface area (Å²) in [5, 5.41) is 6.17. The highest BCUT2D eigenvalue weighted by Crippen LogP contribution is 2.36. The van der Waals surface area contributed by atoms with E-state index in [-0.39, 0.29) is 23.9 Å². The van der Waals surface area contributed by atoms with E-state index in [1.54, 1.807) is 39.8 Å². The second-order valence-corrected chi connectivity index (χ2v) is 8.12. The zero-order valence-corrected chi connectivity index (χ0v) is 18.4. The number of hydrogen-bond donors (Lipinski definition) is 3. The summed E-state index contributed by atoms with van der Waals surface area (Å²) in [6.07, 6.45) is 0. The van der Waals surface area contributed by atoms with Crippen LogP contribution >= 0.6 is 11.3 Å². The Morgan fingerprint density at radius 1 is 1.21 bits per heavy atom. The molecule has 5 nitrogen and oxygen atoms in total. The molecule has 0 aliphatic rings. The van der Waals surface area contributed by atoms with Gasteiger partial charge < -0.3 is 16.4 Å². The fraction of sp³-hybridized carbons (Fsp3) is 0.429. The van der Waals surface area contributed by atoms with E-state index < -0.39 is 11.4 Å². The van der Waals surface area contributed by atoms with Crippen molar-refractivity contribution in [1.82, 2.24) is 5.32 Å². The summed E-state index contributed by atoms with van der Waals surface area (Å²) in [6, 6.07) is 4.79. The maximum Gasteiger partial charge on any atom is 0.254 e. The highest BCUT2D eigenvalue weighted by Gasteiger charge is 2.24. The van der Waals surface area contributed by atoms with Gasteiger partial charge in [0.05, 0.1) is 16.1 Å². The van der Waals surface area contributed by atoms with Crippen LogP contribution in [0.5, 0.6) is 0 Å². The maximum atomic E-state index is 14.2. The quantitative estimate of drug-likeness (QED) is 0.592. The number of hydrogen-bond acceptors (Lipinski definition) is 5. The Labute approximate surface area is 170 Å². The third kappa shape index (κ3) is 6.14. The fourth-order valence-corrected chi connectivity index (χ4v) is 3.56. The number of ketones is 1. The predicted octanol–water partition coefficient (Wildman–Crippen LogP) is 4.94. The van der Waals surface area contributed by atoms with Gasteiger partial charge in [0.25, 0.3) is 5.91 Å². The van der Waals surface area contributed by atoms with E-state index in [1.807, 2.05) is 13.8 Å². The van der Waals surface area contributed by atoms with Crippen molar-refractivity contribution in [3.63, 3.8) is 0 Å². The molecule has 1 aromatic carbocycles. The van der Waals surface area contributed by atoms with Crippen LogP contribution in [0.15, 0.2) is 18.2 Å². The van der Waals surface area contributed by atoms with Crippen LogP contribution in [0.25, 0.3) is 0 Å². The van der Waals surface area contributed by atoms with Crippen LogP contribution in [0, 0.1) is 19.7 Å². The lowest BCUT2D eigenvalue weighted by molar-refractivity contribution is 0.0946. The second-order valence-electron chi connectivity index (χ2n) is 7.10. The van der Waals surface area contributed by atoms with Gasteiger partial charge in [-0.3, -0.25) is 9.59 Å². The van der Waals surface area contributed by atoms with E-state index in [0.29, 0.717) is 21.0 Å². The van der Waals surface area contributed by atoms with E-state index in [4.69, 9.17) is 5.73 Å². The van der Waals surface area contributed by atoms with Crippen LogP contribution in [0.1, 0.15) is 65.8 Å². The van der Waals surface area contributed by atoms with Crippen molar-refractivity contribution < 1.29 is 14.0 Å². The van der Waals surface area contributed by atoms with Crippen molar-refractivity contribution in [2.45, 2.75) is 54.0 Å². The lowest BCUT2D eigenvalue weighted by atomic mass is 10.1. The molecule has 4 N–H and O–H groups in total. The zero-order chi connectivity index (χ0) is 21.6. The molecule has 0 saturated heterocycles. The average Bonchev–Trinajstić information content (AvgIpc) is 2.93. The number of thiophene rings is 1. The highest BCUT2D eigenvalue weighted by molar-refractivity contribution is 7.18. The molecule has 1 heterocycles. The first-order valence-corrected chi connectivity index (χ1v) is 10.1. The molecule has 0 bridgehead atoms. The van der Waals surface area contributed by atoms with Crippen LogP contribution in [-0.4, -0.2) is 23.8 Å². The molecule has 154 valence electrons. The normalized spacial score (nSPS) is 10.8. The Balaban J connectivity index is 0.00000190. The minimum absolute atomic E-state index is 0.141. The van der Waals surface area contributed by atoms with Gasteiger partial charge in [-0.15, -0.1) is 11.3 Å². The van der Waals surface area contributed by atoms with E-state index in [0.717, 1.165) is 16.9 Å². The van der Waals surface area contributed by atoms with Crippen LogP contribution < -0.4 is 16.4 Å². The second kappa shape index (κ2) is 9.80. The van der Waals surface area contributed by atoms with Gasteiger partial charge in [0, 0.05) is 12.1 Å². The smallest absolute Gasteiger partial charge is 0.254 e. The molecule has 28 heavy (non-hydrogen) atoms. The minimum atomic E-state index is -0.570. The van der Waals surface area contributed by atoms with Gasteiger partial charge in [-0.05, 0) is 57.9 Å². The number of nitrogens with two attached hydrogens (primary N) is 1. The summed E-state index contributed by atoms with van der Waals surface area (Å²) in [6.45, 7) is 12.8. The van der Waals surface area contributed by atoms with Gasteiger partial charge >= 0.3 is 0 Å². The van der Waals surface area contributed by atoms with Gasteiger partial charge in [0.15, 0.2) is 5.78 Å². The van der Waals surface area contributed by atoms with Crippen LogP contribution in [0.4, 0.5) is 15.1 Å².